The number of carbonyl (C=O) groups is 1. The maximum Gasteiger partial charge on any atom is 0.257 e. The molecule has 0 saturated heterocycles. The van der Waals surface area contributed by atoms with Gasteiger partial charge in [-0.2, -0.15) is 5.26 Å². The molecule has 4 rings (SSSR count). The average molecular weight is 448 g/mol. The summed E-state index contributed by atoms with van der Waals surface area (Å²) in [5.41, 5.74) is 2.58. The first-order valence-corrected chi connectivity index (χ1v) is 11.6. The maximum absolute atomic E-state index is 12.7. The van der Waals surface area contributed by atoms with Gasteiger partial charge in [0.05, 0.1) is 5.56 Å². The SMILES string of the molecule is CC(C)(C)C1CCc2c(sc(NC(=S)NC(=O)c3ccc4ccccc4c3)c2C#N)C1. The third-order valence-electron chi connectivity index (χ3n) is 6.07. The van der Waals surface area contributed by atoms with E-state index in [1.54, 1.807) is 17.4 Å². The van der Waals surface area contributed by atoms with Gasteiger partial charge in [0.1, 0.15) is 11.1 Å². The molecule has 1 atom stereocenters. The summed E-state index contributed by atoms with van der Waals surface area (Å²) < 4.78 is 0. The number of thiocarbonyl (C=S) groups is 1. The zero-order chi connectivity index (χ0) is 22.2. The minimum atomic E-state index is -0.268. The minimum Gasteiger partial charge on any atom is -0.323 e. The zero-order valence-electron chi connectivity index (χ0n) is 17.9. The number of carbonyl (C=O) groups excluding carboxylic acids is 1. The molecule has 0 radical (unpaired) electrons. The Bertz CT molecular complexity index is 1210. The molecule has 4 nitrogen and oxygen atoms in total. The molecular formula is C25H25N3OS2. The second kappa shape index (κ2) is 8.41. The Labute approximate surface area is 192 Å². The Morgan fingerprint density at radius 1 is 1.19 bits per heavy atom. The number of nitrogens with zero attached hydrogens (tertiary/aromatic N) is 1. The molecule has 0 bridgehead atoms. The van der Waals surface area contributed by atoms with Gasteiger partial charge in [0, 0.05) is 10.4 Å². The summed E-state index contributed by atoms with van der Waals surface area (Å²) in [7, 11) is 0. The lowest BCUT2D eigenvalue weighted by molar-refractivity contribution is 0.0978. The highest BCUT2D eigenvalue weighted by Crippen LogP contribution is 2.43. The van der Waals surface area contributed by atoms with E-state index in [-0.39, 0.29) is 16.4 Å². The van der Waals surface area contributed by atoms with Crippen molar-refractivity contribution in [3.05, 3.63) is 64.0 Å². The lowest BCUT2D eigenvalue weighted by atomic mass is 9.72. The lowest BCUT2D eigenvalue weighted by Crippen LogP contribution is -2.34. The number of rotatable bonds is 2. The molecule has 2 aromatic carbocycles. The third-order valence-corrected chi connectivity index (χ3v) is 7.44. The maximum atomic E-state index is 12.7. The fraction of sp³-hybridized carbons (Fsp3) is 0.320. The van der Waals surface area contributed by atoms with E-state index in [0.717, 1.165) is 40.6 Å². The number of fused-ring (bicyclic) bond motifs is 2. The molecule has 2 N–H and O–H groups in total. The van der Waals surface area contributed by atoms with Crippen LogP contribution in [-0.4, -0.2) is 11.0 Å². The van der Waals surface area contributed by atoms with Crippen LogP contribution in [0.25, 0.3) is 10.8 Å². The number of hydrogen-bond acceptors (Lipinski definition) is 4. The molecular weight excluding hydrogens is 422 g/mol. The van der Waals surface area contributed by atoms with Crippen LogP contribution in [0.3, 0.4) is 0 Å². The second-order valence-electron chi connectivity index (χ2n) is 9.10. The molecule has 1 aliphatic rings. The summed E-state index contributed by atoms with van der Waals surface area (Å²) in [5, 5.41) is 18.6. The van der Waals surface area contributed by atoms with Gasteiger partial charge in [0.15, 0.2) is 5.11 Å². The summed E-state index contributed by atoms with van der Waals surface area (Å²) in [6, 6.07) is 15.8. The summed E-state index contributed by atoms with van der Waals surface area (Å²) in [4.78, 5) is 13.9. The van der Waals surface area contributed by atoms with Crippen LogP contribution in [-0.2, 0) is 12.8 Å². The monoisotopic (exact) mass is 447 g/mol. The smallest absolute Gasteiger partial charge is 0.257 e. The molecule has 6 heteroatoms. The topological polar surface area (TPSA) is 64.9 Å². The Kier molecular flexibility index (Phi) is 5.83. The largest absolute Gasteiger partial charge is 0.323 e. The second-order valence-corrected chi connectivity index (χ2v) is 10.6. The Balaban J connectivity index is 1.49. The lowest BCUT2D eigenvalue weighted by Gasteiger charge is -2.33. The normalized spacial score (nSPS) is 15.7. The van der Waals surface area contributed by atoms with E-state index in [1.165, 1.54) is 4.88 Å². The number of benzene rings is 2. The molecule has 0 fully saturated rings. The fourth-order valence-electron chi connectivity index (χ4n) is 4.17. The van der Waals surface area contributed by atoms with Crippen LogP contribution in [0.2, 0.25) is 0 Å². The van der Waals surface area contributed by atoms with E-state index < -0.39 is 0 Å². The van der Waals surface area contributed by atoms with Crippen molar-refractivity contribution in [2.24, 2.45) is 11.3 Å². The predicted molar refractivity (Wildman–Crippen MR) is 132 cm³/mol. The summed E-state index contributed by atoms with van der Waals surface area (Å²) in [6.45, 7) is 6.83. The van der Waals surface area contributed by atoms with E-state index in [4.69, 9.17) is 12.2 Å². The Morgan fingerprint density at radius 2 is 1.94 bits per heavy atom. The molecule has 0 spiro atoms. The molecule has 3 aromatic rings. The number of thiophene rings is 1. The van der Waals surface area contributed by atoms with Crippen LogP contribution >= 0.6 is 23.6 Å². The van der Waals surface area contributed by atoms with Gasteiger partial charge in [-0.05, 0) is 71.3 Å². The highest BCUT2D eigenvalue weighted by molar-refractivity contribution is 7.80. The number of hydrogen-bond donors (Lipinski definition) is 2. The fourth-order valence-corrected chi connectivity index (χ4v) is 5.71. The molecule has 31 heavy (non-hydrogen) atoms. The van der Waals surface area contributed by atoms with Gasteiger partial charge in [0.25, 0.3) is 5.91 Å². The molecule has 1 heterocycles. The Hall–Kier alpha value is -2.75. The number of amides is 1. The van der Waals surface area contributed by atoms with E-state index in [0.29, 0.717) is 17.0 Å². The molecule has 1 aromatic heterocycles. The van der Waals surface area contributed by atoms with E-state index in [1.807, 2.05) is 36.4 Å². The number of nitriles is 1. The van der Waals surface area contributed by atoms with Crippen LogP contribution < -0.4 is 10.6 Å². The zero-order valence-corrected chi connectivity index (χ0v) is 19.5. The quantitative estimate of drug-likeness (QED) is 0.469. The van der Waals surface area contributed by atoms with Crippen molar-refractivity contribution in [2.75, 3.05) is 5.32 Å². The first kappa shape index (κ1) is 21.5. The standard InChI is InChI=1S/C25H25N3OS2/c1-25(2,3)18-10-11-19-20(14-26)23(31-21(19)13-18)28-24(30)27-22(29)17-9-8-15-6-4-5-7-16(15)12-17/h4-9,12,18H,10-11,13H2,1-3H3,(H2,27,28,29,30). The summed E-state index contributed by atoms with van der Waals surface area (Å²) >= 11 is 6.98. The van der Waals surface area contributed by atoms with E-state index in [2.05, 4.69) is 37.5 Å². The van der Waals surface area contributed by atoms with E-state index >= 15 is 0 Å². The van der Waals surface area contributed by atoms with Crippen LogP contribution in [0.5, 0.6) is 0 Å². The van der Waals surface area contributed by atoms with Gasteiger partial charge in [-0.3, -0.25) is 10.1 Å². The van der Waals surface area contributed by atoms with Crippen molar-refractivity contribution >= 4 is 50.3 Å². The van der Waals surface area contributed by atoms with Crippen LogP contribution in [0.4, 0.5) is 5.00 Å². The number of nitrogens with one attached hydrogen (secondary N) is 2. The summed E-state index contributed by atoms with van der Waals surface area (Å²) in [6.07, 6.45) is 2.98. The highest BCUT2D eigenvalue weighted by Gasteiger charge is 2.32. The average Bonchev–Trinajstić information content (AvgIpc) is 3.08. The van der Waals surface area contributed by atoms with Gasteiger partial charge in [0.2, 0.25) is 0 Å². The Morgan fingerprint density at radius 3 is 2.65 bits per heavy atom. The van der Waals surface area contributed by atoms with Crippen LogP contribution in [0.1, 0.15) is 53.6 Å². The van der Waals surface area contributed by atoms with Gasteiger partial charge >= 0.3 is 0 Å². The van der Waals surface area contributed by atoms with Crippen molar-refractivity contribution in [3.8, 4) is 6.07 Å². The first-order valence-electron chi connectivity index (χ1n) is 10.4. The molecule has 1 amide bonds. The van der Waals surface area contributed by atoms with Crippen LogP contribution in [0, 0.1) is 22.7 Å². The number of anilines is 1. The van der Waals surface area contributed by atoms with Gasteiger partial charge in [-0.1, -0.05) is 51.1 Å². The van der Waals surface area contributed by atoms with E-state index in [9.17, 15) is 10.1 Å². The summed E-state index contributed by atoms with van der Waals surface area (Å²) in [5.74, 6) is 0.327. The van der Waals surface area contributed by atoms with Crippen molar-refractivity contribution < 1.29 is 4.79 Å². The molecule has 0 saturated carbocycles. The third kappa shape index (κ3) is 4.48. The molecule has 1 unspecified atom stereocenters. The molecule has 1 aliphatic carbocycles. The van der Waals surface area contributed by atoms with Gasteiger partial charge in [-0.15, -0.1) is 11.3 Å². The minimum absolute atomic E-state index is 0.209. The van der Waals surface area contributed by atoms with Gasteiger partial charge in [-0.25, -0.2) is 0 Å². The highest BCUT2D eigenvalue weighted by atomic mass is 32.1. The molecule has 0 aliphatic heterocycles. The van der Waals surface area contributed by atoms with Crippen molar-refractivity contribution in [2.45, 2.75) is 40.0 Å². The molecule has 158 valence electrons. The first-order chi connectivity index (χ1) is 14.8. The predicted octanol–water partition coefficient (Wildman–Crippen LogP) is 6.05. The van der Waals surface area contributed by atoms with Crippen molar-refractivity contribution in [3.63, 3.8) is 0 Å². The van der Waals surface area contributed by atoms with Crippen molar-refractivity contribution in [1.29, 1.82) is 5.26 Å². The van der Waals surface area contributed by atoms with Gasteiger partial charge < -0.3 is 5.32 Å². The van der Waals surface area contributed by atoms with Crippen molar-refractivity contribution in [1.82, 2.24) is 5.32 Å². The van der Waals surface area contributed by atoms with Crippen LogP contribution in [0.15, 0.2) is 42.5 Å².